The standard InChI is InChI=1S/C23H19N5O2S/c1-15-17(12-13-30-15)21-25-26-23(28(21)16-8-4-3-5-9-16)31-14-20-24-19-11-7-6-10-18(19)22(29)27(20)2/h3-13H,14H2,1-2H3. The van der Waals surface area contributed by atoms with Crippen molar-refractivity contribution < 1.29 is 4.42 Å². The van der Waals surface area contributed by atoms with Crippen LogP contribution in [0.2, 0.25) is 0 Å². The highest BCUT2D eigenvalue weighted by Gasteiger charge is 2.19. The molecule has 3 heterocycles. The summed E-state index contributed by atoms with van der Waals surface area (Å²) in [5.41, 5.74) is 2.48. The highest BCUT2D eigenvalue weighted by Crippen LogP contribution is 2.31. The lowest BCUT2D eigenvalue weighted by molar-refractivity contribution is 0.535. The van der Waals surface area contributed by atoms with E-state index in [1.807, 2.05) is 66.1 Å². The number of thioether (sulfide) groups is 1. The van der Waals surface area contributed by atoms with E-state index in [-0.39, 0.29) is 5.56 Å². The van der Waals surface area contributed by atoms with E-state index < -0.39 is 0 Å². The minimum Gasteiger partial charge on any atom is -0.469 e. The van der Waals surface area contributed by atoms with E-state index in [1.54, 1.807) is 23.9 Å². The first-order chi connectivity index (χ1) is 15.1. The molecule has 0 unspecified atom stereocenters. The van der Waals surface area contributed by atoms with Gasteiger partial charge in [-0.25, -0.2) is 4.98 Å². The third-order valence-corrected chi connectivity index (χ3v) is 6.08. The smallest absolute Gasteiger partial charge is 0.261 e. The van der Waals surface area contributed by atoms with Crippen LogP contribution in [0.1, 0.15) is 11.6 Å². The van der Waals surface area contributed by atoms with Crippen LogP contribution in [0.4, 0.5) is 0 Å². The zero-order valence-corrected chi connectivity index (χ0v) is 17.8. The van der Waals surface area contributed by atoms with Gasteiger partial charge in [0.15, 0.2) is 11.0 Å². The molecule has 0 fully saturated rings. The number of hydrogen-bond donors (Lipinski definition) is 0. The monoisotopic (exact) mass is 429 g/mol. The van der Waals surface area contributed by atoms with Crippen molar-refractivity contribution in [1.29, 1.82) is 0 Å². The van der Waals surface area contributed by atoms with Crippen molar-refractivity contribution in [3.05, 3.63) is 88.9 Å². The average molecular weight is 430 g/mol. The molecule has 5 aromatic rings. The molecular weight excluding hydrogens is 410 g/mol. The van der Waals surface area contributed by atoms with Crippen molar-refractivity contribution in [2.45, 2.75) is 17.8 Å². The Labute approximate surface area is 182 Å². The largest absolute Gasteiger partial charge is 0.469 e. The predicted molar refractivity (Wildman–Crippen MR) is 120 cm³/mol. The molecule has 31 heavy (non-hydrogen) atoms. The van der Waals surface area contributed by atoms with Crippen LogP contribution in [0.25, 0.3) is 28.0 Å². The van der Waals surface area contributed by atoms with Gasteiger partial charge in [-0.1, -0.05) is 42.1 Å². The van der Waals surface area contributed by atoms with Gasteiger partial charge in [-0.3, -0.25) is 13.9 Å². The lowest BCUT2D eigenvalue weighted by atomic mass is 10.2. The van der Waals surface area contributed by atoms with Gasteiger partial charge < -0.3 is 4.42 Å². The van der Waals surface area contributed by atoms with Crippen LogP contribution in [0.15, 0.2) is 81.3 Å². The number of furan rings is 1. The molecule has 0 amide bonds. The van der Waals surface area contributed by atoms with E-state index in [1.165, 1.54) is 11.8 Å². The second-order valence-corrected chi connectivity index (χ2v) is 8.01. The Balaban J connectivity index is 1.56. The molecule has 0 atom stereocenters. The molecule has 0 N–H and O–H groups in total. The first-order valence-electron chi connectivity index (χ1n) is 9.76. The predicted octanol–water partition coefficient (Wildman–Crippen LogP) is 4.37. The van der Waals surface area contributed by atoms with E-state index >= 15 is 0 Å². The van der Waals surface area contributed by atoms with Crippen LogP contribution in [0, 0.1) is 6.92 Å². The van der Waals surface area contributed by atoms with Gasteiger partial charge in [0.25, 0.3) is 5.56 Å². The van der Waals surface area contributed by atoms with Crippen molar-refractivity contribution in [2.24, 2.45) is 7.05 Å². The molecule has 0 aliphatic heterocycles. The number of rotatable bonds is 5. The maximum absolute atomic E-state index is 12.7. The summed E-state index contributed by atoms with van der Waals surface area (Å²) < 4.78 is 9.08. The second kappa shape index (κ2) is 7.88. The van der Waals surface area contributed by atoms with Crippen molar-refractivity contribution in [3.63, 3.8) is 0 Å². The summed E-state index contributed by atoms with van der Waals surface area (Å²) in [6.45, 7) is 1.90. The Morgan fingerprint density at radius 2 is 1.77 bits per heavy atom. The van der Waals surface area contributed by atoms with Crippen molar-refractivity contribution in [2.75, 3.05) is 0 Å². The van der Waals surface area contributed by atoms with Gasteiger partial charge in [-0.15, -0.1) is 10.2 Å². The summed E-state index contributed by atoms with van der Waals surface area (Å²) >= 11 is 1.49. The summed E-state index contributed by atoms with van der Waals surface area (Å²) in [6, 6.07) is 19.2. The van der Waals surface area contributed by atoms with E-state index in [9.17, 15) is 4.79 Å². The van der Waals surface area contributed by atoms with E-state index in [0.29, 0.717) is 33.5 Å². The Bertz CT molecular complexity index is 1440. The molecule has 0 spiro atoms. The minimum atomic E-state index is -0.0552. The van der Waals surface area contributed by atoms with Gasteiger partial charge in [-0.05, 0) is 37.3 Å². The first-order valence-corrected chi connectivity index (χ1v) is 10.7. The first kappa shape index (κ1) is 19.3. The minimum absolute atomic E-state index is 0.0552. The molecule has 8 heteroatoms. The molecule has 0 saturated heterocycles. The lowest BCUT2D eigenvalue weighted by Gasteiger charge is -2.11. The van der Waals surface area contributed by atoms with Crippen LogP contribution in [0.3, 0.4) is 0 Å². The van der Waals surface area contributed by atoms with Crippen LogP contribution in [0.5, 0.6) is 0 Å². The number of aromatic nitrogens is 5. The van der Waals surface area contributed by atoms with Crippen LogP contribution in [-0.4, -0.2) is 24.3 Å². The maximum Gasteiger partial charge on any atom is 0.261 e. The van der Waals surface area contributed by atoms with Crippen LogP contribution in [-0.2, 0) is 12.8 Å². The Morgan fingerprint density at radius 1 is 1.00 bits per heavy atom. The number of fused-ring (bicyclic) bond motifs is 1. The molecule has 0 aliphatic carbocycles. The zero-order valence-electron chi connectivity index (χ0n) is 17.0. The highest BCUT2D eigenvalue weighted by molar-refractivity contribution is 7.98. The van der Waals surface area contributed by atoms with Gasteiger partial charge >= 0.3 is 0 Å². The summed E-state index contributed by atoms with van der Waals surface area (Å²) in [6.07, 6.45) is 1.65. The van der Waals surface area contributed by atoms with Gasteiger partial charge in [0.05, 0.1) is 28.5 Å². The van der Waals surface area contributed by atoms with Crippen molar-refractivity contribution in [1.82, 2.24) is 24.3 Å². The number of benzene rings is 2. The third kappa shape index (κ3) is 3.44. The number of para-hydroxylation sites is 2. The Hall–Kier alpha value is -3.65. The van der Waals surface area contributed by atoms with Gasteiger partial charge in [0, 0.05) is 12.7 Å². The quantitative estimate of drug-likeness (QED) is 0.386. The highest BCUT2D eigenvalue weighted by atomic mass is 32.2. The normalized spacial score (nSPS) is 11.3. The van der Waals surface area contributed by atoms with Crippen molar-refractivity contribution >= 4 is 22.7 Å². The molecule has 3 aromatic heterocycles. The lowest BCUT2D eigenvalue weighted by Crippen LogP contribution is -2.22. The average Bonchev–Trinajstić information content (AvgIpc) is 3.41. The summed E-state index contributed by atoms with van der Waals surface area (Å²) in [4.78, 5) is 17.4. The summed E-state index contributed by atoms with van der Waals surface area (Å²) in [5.74, 6) is 2.64. The van der Waals surface area contributed by atoms with Gasteiger partial charge in [-0.2, -0.15) is 0 Å². The molecule has 0 radical (unpaired) electrons. The molecule has 154 valence electrons. The fourth-order valence-electron chi connectivity index (χ4n) is 3.49. The van der Waals surface area contributed by atoms with Gasteiger partial charge in [0.1, 0.15) is 11.6 Å². The Kier molecular flexibility index (Phi) is 4.91. The summed E-state index contributed by atoms with van der Waals surface area (Å²) in [7, 11) is 1.75. The maximum atomic E-state index is 12.7. The fraction of sp³-hybridized carbons (Fsp3) is 0.130. The third-order valence-electron chi connectivity index (χ3n) is 5.15. The molecule has 5 rings (SSSR count). The SMILES string of the molecule is Cc1occc1-c1nnc(SCc2nc3ccccc3c(=O)n2C)n1-c1ccccc1. The Morgan fingerprint density at radius 3 is 2.55 bits per heavy atom. The van der Waals surface area contributed by atoms with E-state index in [4.69, 9.17) is 9.40 Å². The van der Waals surface area contributed by atoms with E-state index in [0.717, 1.165) is 17.0 Å². The number of hydrogen-bond acceptors (Lipinski definition) is 6. The molecule has 0 aliphatic rings. The fourth-order valence-corrected chi connectivity index (χ4v) is 4.42. The molecule has 2 aromatic carbocycles. The molecule has 0 bridgehead atoms. The van der Waals surface area contributed by atoms with Crippen LogP contribution >= 0.6 is 11.8 Å². The molecule has 7 nitrogen and oxygen atoms in total. The topological polar surface area (TPSA) is 78.7 Å². The number of aryl methyl sites for hydroxylation is 1. The van der Waals surface area contributed by atoms with Gasteiger partial charge in [0.2, 0.25) is 0 Å². The van der Waals surface area contributed by atoms with Crippen LogP contribution < -0.4 is 5.56 Å². The van der Waals surface area contributed by atoms with Crippen molar-refractivity contribution in [3.8, 4) is 17.1 Å². The van der Waals surface area contributed by atoms with E-state index in [2.05, 4.69) is 10.2 Å². The second-order valence-electron chi connectivity index (χ2n) is 7.07. The zero-order chi connectivity index (χ0) is 21.4. The number of nitrogens with zero attached hydrogens (tertiary/aromatic N) is 5. The molecular formula is C23H19N5O2S. The summed E-state index contributed by atoms with van der Waals surface area (Å²) in [5, 5.41) is 10.2. The molecule has 0 saturated carbocycles.